The number of nitrogen functional groups attached to an aromatic ring is 1. The first kappa shape index (κ1) is 13.5. The molecule has 3 unspecified atom stereocenters. The third-order valence-electron chi connectivity index (χ3n) is 5.18. The van der Waals surface area contributed by atoms with Crippen molar-refractivity contribution in [3.63, 3.8) is 0 Å². The predicted octanol–water partition coefficient (Wildman–Crippen LogP) is 3.09. The van der Waals surface area contributed by atoms with Gasteiger partial charge in [0.05, 0.1) is 5.56 Å². The fourth-order valence-corrected chi connectivity index (χ4v) is 4.10. The van der Waals surface area contributed by atoms with Crippen LogP contribution in [-0.2, 0) is 0 Å². The monoisotopic (exact) mass is 272 g/mol. The summed E-state index contributed by atoms with van der Waals surface area (Å²) in [4.78, 5) is 14.4. The van der Waals surface area contributed by atoms with E-state index >= 15 is 0 Å². The van der Waals surface area contributed by atoms with Crippen molar-refractivity contribution < 1.29 is 4.79 Å². The molecule has 1 amide bonds. The van der Waals surface area contributed by atoms with Crippen LogP contribution in [0.4, 0.5) is 5.69 Å². The van der Waals surface area contributed by atoms with E-state index in [-0.39, 0.29) is 5.91 Å². The zero-order valence-electron chi connectivity index (χ0n) is 12.4. The lowest BCUT2D eigenvalue weighted by Crippen LogP contribution is -2.34. The van der Waals surface area contributed by atoms with Crippen molar-refractivity contribution in [3.05, 3.63) is 29.3 Å². The van der Waals surface area contributed by atoms with E-state index in [0.29, 0.717) is 17.2 Å². The lowest BCUT2D eigenvalue weighted by atomic mass is 9.88. The smallest absolute Gasteiger partial charge is 0.255 e. The number of fused-ring (bicyclic) bond motifs is 2. The van der Waals surface area contributed by atoms with Crippen LogP contribution >= 0.6 is 0 Å². The highest BCUT2D eigenvalue weighted by Gasteiger charge is 2.40. The molecule has 2 bridgehead atoms. The van der Waals surface area contributed by atoms with Gasteiger partial charge in [-0.3, -0.25) is 4.79 Å². The van der Waals surface area contributed by atoms with Gasteiger partial charge < -0.3 is 10.6 Å². The van der Waals surface area contributed by atoms with Crippen molar-refractivity contribution in [2.45, 2.75) is 32.6 Å². The number of benzene rings is 1. The highest BCUT2D eigenvalue weighted by Crippen LogP contribution is 2.48. The molecule has 0 spiro atoms. The van der Waals surface area contributed by atoms with Crippen LogP contribution in [0.5, 0.6) is 0 Å². The zero-order chi connectivity index (χ0) is 14.3. The van der Waals surface area contributed by atoms with Gasteiger partial charge in [-0.2, -0.15) is 0 Å². The molecule has 2 aliphatic carbocycles. The average Bonchev–Trinajstić information content (AvgIpc) is 3.03. The summed E-state index contributed by atoms with van der Waals surface area (Å²) in [6.45, 7) is 2.87. The van der Waals surface area contributed by atoms with Crippen LogP contribution in [0.3, 0.4) is 0 Å². The molecule has 0 aromatic heterocycles. The Morgan fingerprint density at radius 1 is 1.35 bits per heavy atom. The molecule has 0 radical (unpaired) electrons. The molecular formula is C17H24N2O. The number of hydrogen-bond donors (Lipinski definition) is 1. The summed E-state index contributed by atoms with van der Waals surface area (Å²) in [5.41, 5.74) is 8.26. The van der Waals surface area contributed by atoms with Crippen LogP contribution in [0.25, 0.3) is 0 Å². The van der Waals surface area contributed by atoms with E-state index in [1.54, 1.807) is 0 Å². The first-order chi connectivity index (χ1) is 9.54. The molecule has 2 saturated carbocycles. The van der Waals surface area contributed by atoms with Crippen LogP contribution in [0.2, 0.25) is 0 Å². The summed E-state index contributed by atoms with van der Waals surface area (Å²) in [7, 11) is 1.91. The van der Waals surface area contributed by atoms with Crippen LogP contribution in [0.1, 0.15) is 41.6 Å². The van der Waals surface area contributed by atoms with Crippen LogP contribution in [0, 0.1) is 24.7 Å². The number of anilines is 1. The Morgan fingerprint density at radius 3 is 2.80 bits per heavy atom. The molecule has 1 aromatic carbocycles. The molecular weight excluding hydrogens is 248 g/mol. The van der Waals surface area contributed by atoms with Crippen molar-refractivity contribution in [2.24, 2.45) is 17.8 Å². The molecule has 3 rings (SSSR count). The second-order valence-corrected chi connectivity index (χ2v) is 6.71. The van der Waals surface area contributed by atoms with E-state index in [0.717, 1.165) is 23.9 Å². The van der Waals surface area contributed by atoms with Crippen molar-refractivity contribution in [3.8, 4) is 0 Å². The van der Waals surface area contributed by atoms with E-state index in [2.05, 4.69) is 0 Å². The topological polar surface area (TPSA) is 46.3 Å². The van der Waals surface area contributed by atoms with Gasteiger partial charge in [0.2, 0.25) is 0 Å². The number of aryl methyl sites for hydroxylation is 1. The van der Waals surface area contributed by atoms with E-state index in [1.807, 2.05) is 37.1 Å². The van der Waals surface area contributed by atoms with Gasteiger partial charge in [0.25, 0.3) is 5.91 Å². The van der Waals surface area contributed by atoms with Gasteiger partial charge in [0.15, 0.2) is 0 Å². The Labute approximate surface area is 121 Å². The van der Waals surface area contributed by atoms with Crippen LogP contribution in [-0.4, -0.2) is 24.4 Å². The van der Waals surface area contributed by atoms with Crippen LogP contribution in [0.15, 0.2) is 18.2 Å². The fourth-order valence-electron chi connectivity index (χ4n) is 4.10. The number of rotatable bonds is 3. The Morgan fingerprint density at radius 2 is 2.15 bits per heavy atom. The SMILES string of the molecule is Cc1ccc(N)c(C(=O)N(C)CC2CC3CCC2C3)c1. The first-order valence-corrected chi connectivity index (χ1v) is 7.66. The number of nitrogens with two attached hydrogens (primary N) is 1. The predicted molar refractivity (Wildman–Crippen MR) is 81.5 cm³/mol. The minimum absolute atomic E-state index is 0.0639. The van der Waals surface area contributed by atoms with Crippen molar-refractivity contribution in [1.82, 2.24) is 4.90 Å². The first-order valence-electron chi connectivity index (χ1n) is 7.66. The van der Waals surface area contributed by atoms with Crippen molar-refractivity contribution in [2.75, 3.05) is 19.3 Å². The molecule has 0 saturated heterocycles. The number of nitrogens with zero attached hydrogens (tertiary/aromatic N) is 1. The standard InChI is InChI=1S/C17H24N2O/c1-11-3-6-16(18)15(7-11)17(20)19(2)10-14-9-12-4-5-13(14)8-12/h3,6-7,12-14H,4-5,8-10,18H2,1-2H3. The molecule has 2 fully saturated rings. The normalized spacial score (nSPS) is 27.8. The van der Waals surface area contributed by atoms with E-state index in [1.165, 1.54) is 25.7 Å². The highest BCUT2D eigenvalue weighted by molar-refractivity contribution is 5.99. The largest absolute Gasteiger partial charge is 0.398 e. The Kier molecular flexibility index (Phi) is 3.45. The van der Waals surface area contributed by atoms with Crippen LogP contribution < -0.4 is 5.73 Å². The summed E-state index contributed by atoms with van der Waals surface area (Å²) in [6.07, 6.45) is 5.47. The minimum Gasteiger partial charge on any atom is -0.398 e. The molecule has 3 nitrogen and oxygen atoms in total. The van der Waals surface area contributed by atoms with E-state index < -0.39 is 0 Å². The molecule has 3 heteroatoms. The van der Waals surface area contributed by atoms with E-state index in [9.17, 15) is 4.79 Å². The highest BCUT2D eigenvalue weighted by atomic mass is 16.2. The number of amides is 1. The summed E-state index contributed by atoms with van der Waals surface area (Å²) < 4.78 is 0. The zero-order valence-corrected chi connectivity index (χ0v) is 12.4. The molecule has 1 aromatic rings. The summed E-state index contributed by atoms with van der Waals surface area (Å²) in [5.74, 6) is 2.55. The second kappa shape index (κ2) is 5.12. The molecule has 2 aliphatic rings. The van der Waals surface area contributed by atoms with Gasteiger partial charge in [-0.05, 0) is 56.1 Å². The van der Waals surface area contributed by atoms with Gasteiger partial charge in [-0.15, -0.1) is 0 Å². The van der Waals surface area contributed by atoms with Gasteiger partial charge in [-0.25, -0.2) is 0 Å². The summed E-state index contributed by atoms with van der Waals surface area (Å²) in [5, 5.41) is 0. The number of hydrogen-bond acceptors (Lipinski definition) is 2. The Balaban J connectivity index is 1.69. The maximum Gasteiger partial charge on any atom is 0.255 e. The van der Waals surface area contributed by atoms with E-state index in [4.69, 9.17) is 5.73 Å². The summed E-state index contributed by atoms with van der Waals surface area (Å²) >= 11 is 0. The molecule has 0 heterocycles. The van der Waals surface area contributed by atoms with Gasteiger partial charge in [0, 0.05) is 19.3 Å². The third kappa shape index (κ3) is 2.41. The van der Waals surface area contributed by atoms with Gasteiger partial charge in [0.1, 0.15) is 0 Å². The quantitative estimate of drug-likeness (QED) is 0.859. The lowest BCUT2D eigenvalue weighted by molar-refractivity contribution is 0.0755. The molecule has 0 aliphatic heterocycles. The molecule has 3 atom stereocenters. The minimum atomic E-state index is 0.0639. The van der Waals surface area contributed by atoms with Gasteiger partial charge in [-0.1, -0.05) is 18.1 Å². The lowest BCUT2D eigenvalue weighted by Gasteiger charge is -2.27. The number of carbonyl (C=O) groups excluding carboxylic acids is 1. The molecule has 2 N–H and O–H groups in total. The summed E-state index contributed by atoms with van der Waals surface area (Å²) in [6, 6.07) is 5.67. The fraction of sp³-hybridized carbons (Fsp3) is 0.588. The average molecular weight is 272 g/mol. The Bertz CT molecular complexity index is 526. The molecule has 20 heavy (non-hydrogen) atoms. The number of carbonyl (C=O) groups is 1. The third-order valence-corrected chi connectivity index (χ3v) is 5.18. The van der Waals surface area contributed by atoms with Crippen molar-refractivity contribution >= 4 is 11.6 Å². The maximum atomic E-state index is 12.6. The molecule has 108 valence electrons. The van der Waals surface area contributed by atoms with Gasteiger partial charge >= 0.3 is 0 Å². The maximum absolute atomic E-state index is 12.6. The van der Waals surface area contributed by atoms with Crippen molar-refractivity contribution in [1.29, 1.82) is 0 Å². The Hall–Kier alpha value is -1.51. The second-order valence-electron chi connectivity index (χ2n) is 6.71.